The number of nitriles is 1. The minimum atomic E-state index is -1.20. The molecule has 7 heteroatoms. The van der Waals surface area contributed by atoms with Crippen LogP contribution in [-0.4, -0.2) is 28.4 Å². The van der Waals surface area contributed by atoms with Gasteiger partial charge in [-0.3, -0.25) is 9.59 Å². The van der Waals surface area contributed by atoms with E-state index in [0.717, 1.165) is 4.90 Å². The number of rotatable bonds is 2. The van der Waals surface area contributed by atoms with E-state index in [1.807, 2.05) is 6.07 Å². The number of nitrogens with zero attached hydrogens (tertiary/aromatic N) is 2. The molecule has 18 heavy (non-hydrogen) atoms. The normalized spacial score (nSPS) is 17.5. The zero-order valence-corrected chi connectivity index (χ0v) is 10.4. The Morgan fingerprint density at radius 3 is 2.61 bits per heavy atom. The Hall–Kier alpha value is -1.77. The summed E-state index contributed by atoms with van der Waals surface area (Å²) in [6.07, 6.45) is 0. The maximum Gasteiger partial charge on any atom is 0.323 e. The van der Waals surface area contributed by atoms with E-state index in [1.54, 1.807) is 0 Å². The van der Waals surface area contributed by atoms with Crippen LogP contribution >= 0.6 is 23.2 Å². The van der Waals surface area contributed by atoms with Crippen molar-refractivity contribution in [3.63, 3.8) is 0 Å². The van der Waals surface area contributed by atoms with E-state index in [2.05, 4.69) is 0 Å². The average molecular weight is 285 g/mol. The molecule has 0 radical (unpaired) electrons. The third-order valence-electron chi connectivity index (χ3n) is 2.63. The summed E-state index contributed by atoms with van der Waals surface area (Å²) >= 11 is 11.8. The summed E-state index contributed by atoms with van der Waals surface area (Å²) in [5.74, 6) is -1.80. The molecule has 0 bridgehead atoms. The topological polar surface area (TPSA) is 81.4 Å². The largest absolute Gasteiger partial charge is 0.480 e. The Morgan fingerprint density at radius 1 is 1.44 bits per heavy atom. The fourth-order valence-electron chi connectivity index (χ4n) is 1.91. The van der Waals surface area contributed by atoms with Crippen LogP contribution in [-0.2, 0) is 4.79 Å². The molecule has 0 spiro atoms. The summed E-state index contributed by atoms with van der Waals surface area (Å²) < 4.78 is 0. The van der Waals surface area contributed by atoms with Crippen LogP contribution in [0.5, 0.6) is 0 Å². The van der Waals surface area contributed by atoms with Crippen LogP contribution in [0.25, 0.3) is 0 Å². The second kappa shape index (κ2) is 4.48. The minimum Gasteiger partial charge on any atom is -0.480 e. The van der Waals surface area contributed by atoms with Gasteiger partial charge in [0.05, 0.1) is 16.7 Å². The predicted octanol–water partition coefficient (Wildman–Crippen LogP) is 2.10. The van der Waals surface area contributed by atoms with Crippen LogP contribution in [0.1, 0.15) is 22.0 Å². The maximum atomic E-state index is 12.0. The molecule has 92 valence electrons. The van der Waals surface area contributed by atoms with Crippen LogP contribution in [0, 0.1) is 11.3 Å². The SMILES string of the molecule is N#CC1c2c(Cl)ccc(Cl)c2C(=O)N1CC(=O)O. The van der Waals surface area contributed by atoms with Crippen LogP contribution in [0.15, 0.2) is 12.1 Å². The summed E-state index contributed by atoms with van der Waals surface area (Å²) in [5.41, 5.74) is 0.384. The zero-order valence-electron chi connectivity index (χ0n) is 8.85. The molecule has 0 saturated heterocycles. The molecule has 2 rings (SSSR count). The number of amides is 1. The summed E-state index contributed by atoms with van der Waals surface area (Å²) in [5, 5.41) is 18.2. The van der Waals surface area contributed by atoms with Crippen molar-refractivity contribution in [2.75, 3.05) is 6.54 Å². The number of halogens is 2. The molecule has 1 amide bonds. The molecule has 1 aliphatic heterocycles. The molecule has 1 N–H and O–H groups in total. The number of carboxylic acids is 1. The van der Waals surface area contributed by atoms with Gasteiger partial charge in [-0.05, 0) is 12.1 Å². The number of carboxylic acid groups (broad SMARTS) is 1. The summed E-state index contributed by atoms with van der Waals surface area (Å²) in [4.78, 5) is 23.7. The molecule has 1 heterocycles. The quantitative estimate of drug-likeness (QED) is 0.902. The highest BCUT2D eigenvalue weighted by atomic mass is 35.5. The van der Waals surface area contributed by atoms with Gasteiger partial charge in [0.2, 0.25) is 0 Å². The van der Waals surface area contributed by atoms with Crippen molar-refractivity contribution in [1.29, 1.82) is 5.26 Å². The highest BCUT2D eigenvalue weighted by Crippen LogP contribution is 2.41. The van der Waals surface area contributed by atoms with Gasteiger partial charge in [0.15, 0.2) is 0 Å². The summed E-state index contributed by atoms with van der Waals surface area (Å²) in [7, 11) is 0. The van der Waals surface area contributed by atoms with E-state index in [1.165, 1.54) is 12.1 Å². The summed E-state index contributed by atoms with van der Waals surface area (Å²) in [6.45, 7) is -0.571. The third kappa shape index (κ3) is 1.80. The smallest absolute Gasteiger partial charge is 0.323 e. The molecule has 5 nitrogen and oxygen atoms in total. The zero-order chi connectivity index (χ0) is 13.4. The molecular formula is C11H6Cl2N2O3. The first-order chi connectivity index (χ1) is 8.47. The van der Waals surface area contributed by atoms with Gasteiger partial charge in [0, 0.05) is 10.6 Å². The number of hydrogen-bond acceptors (Lipinski definition) is 3. The maximum absolute atomic E-state index is 12.0. The van der Waals surface area contributed by atoms with Crippen molar-refractivity contribution in [2.24, 2.45) is 0 Å². The first-order valence-corrected chi connectivity index (χ1v) is 5.63. The Balaban J connectivity index is 2.60. The van der Waals surface area contributed by atoms with Gasteiger partial charge in [-0.2, -0.15) is 5.26 Å². The Kier molecular flexibility index (Phi) is 3.16. The van der Waals surface area contributed by atoms with Crippen LogP contribution in [0.3, 0.4) is 0 Å². The van der Waals surface area contributed by atoms with Crippen LogP contribution < -0.4 is 0 Å². The standard InChI is InChI=1S/C11H6Cl2N2O3/c12-5-1-2-6(13)10-9(5)7(3-14)15(11(10)18)4-8(16)17/h1-2,7H,4H2,(H,16,17). The first-order valence-electron chi connectivity index (χ1n) is 4.87. The molecule has 1 aromatic rings. The number of carbonyl (C=O) groups is 2. The Morgan fingerprint density at radius 2 is 2.06 bits per heavy atom. The number of fused-ring (bicyclic) bond motifs is 1. The number of carbonyl (C=O) groups excluding carboxylic acids is 1. The Bertz CT molecular complexity index is 595. The van der Waals surface area contributed by atoms with Crippen molar-refractivity contribution in [1.82, 2.24) is 4.90 Å². The molecule has 1 unspecified atom stereocenters. The number of aliphatic carboxylic acids is 1. The van der Waals surface area contributed by atoms with E-state index in [-0.39, 0.29) is 21.2 Å². The molecule has 0 saturated carbocycles. The molecular weight excluding hydrogens is 279 g/mol. The van der Waals surface area contributed by atoms with Gasteiger partial charge in [0.1, 0.15) is 12.6 Å². The highest BCUT2D eigenvalue weighted by Gasteiger charge is 2.41. The fourth-order valence-corrected chi connectivity index (χ4v) is 2.42. The molecule has 1 atom stereocenters. The van der Waals surface area contributed by atoms with Gasteiger partial charge in [-0.25, -0.2) is 0 Å². The predicted molar refractivity (Wildman–Crippen MR) is 63.5 cm³/mol. The minimum absolute atomic E-state index is 0.108. The Labute approximate surface area is 112 Å². The van der Waals surface area contributed by atoms with E-state index in [4.69, 9.17) is 33.6 Å². The molecule has 1 aliphatic rings. The number of benzene rings is 1. The third-order valence-corrected chi connectivity index (χ3v) is 3.27. The van der Waals surface area contributed by atoms with Crippen molar-refractivity contribution in [3.05, 3.63) is 33.3 Å². The van der Waals surface area contributed by atoms with Gasteiger partial charge in [-0.1, -0.05) is 23.2 Å². The van der Waals surface area contributed by atoms with Crippen LogP contribution in [0.4, 0.5) is 0 Å². The van der Waals surface area contributed by atoms with Gasteiger partial charge in [-0.15, -0.1) is 0 Å². The van der Waals surface area contributed by atoms with E-state index >= 15 is 0 Å². The van der Waals surface area contributed by atoms with Gasteiger partial charge >= 0.3 is 5.97 Å². The lowest BCUT2D eigenvalue weighted by Crippen LogP contribution is -2.32. The van der Waals surface area contributed by atoms with E-state index in [9.17, 15) is 9.59 Å². The lowest BCUT2D eigenvalue weighted by atomic mass is 10.1. The van der Waals surface area contributed by atoms with Crippen molar-refractivity contribution < 1.29 is 14.7 Å². The summed E-state index contributed by atoms with van der Waals surface area (Å²) in [6, 6.07) is 3.77. The lowest BCUT2D eigenvalue weighted by molar-refractivity contribution is -0.137. The van der Waals surface area contributed by atoms with Gasteiger partial charge < -0.3 is 10.0 Å². The molecule has 0 fully saturated rings. The second-order valence-corrected chi connectivity index (χ2v) is 4.49. The average Bonchev–Trinajstić information content (AvgIpc) is 2.58. The lowest BCUT2D eigenvalue weighted by Gasteiger charge is -2.17. The molecule has 0 aliphatic carbocycles. The van der Waals surface area contributed by atoms with Crippen molar-refractivity contribution in [2.45, 2.75) is 6.04 Å². The molecule has 0 aromatic heterocycles. The highest BCUT2D eigenvalue weighted by molar-refractivity contribution is 6.37. The first kappa shape index (κ1) is 12.7. The van der Waals surface area contributed by atoms with E-state index < -0.39 is 24.5 Å². The molecule has 1 aromatic carbocycles. The van der Waals surface area contributed by atoms with Crippen molar-refractivity contribution >= 4 is 35.1 Å². The fraction of sp³-hybridized carbons (Fsp3) is 0.182. The monoisotopic (exact) mass is 284 g/mol. The van der Waals surface area contributed by atoms with Crippen molar-refractivity contribution in [3.8, 4) is 6.07 Å². The van der Waals surface area contributed by atoms with Crippen LogP contribution in [0.2, 0.25) is 10.0 Å². The second-order valence-electron chi connectivity index (χ2n) is 3.68. The van der Waals surface area contributed by atoms with Gasteiger partial charge in [0.25, 0.3) is 5.91 Å². The van der Waals surface area contributed by atoms with E-state index in [0.29, 0.717) is 0 Å². The number of hydrogen-bond donors (Lipinski definition) is 1.